The molecule has 2 aromatic rings. The first-order chi connectivity index (χ1) is 13.0. The molecule has 0 saturated carbocycles. The van der Waals surface area contributed by atoms with E-state index < -0.39 is 18.1 Å². The number of imide groups is 1. The molecule has 3 amide bonds. The van der Waals surface area contributed by atoms with Gasteiger partial charge in [-0.25, -0.2) is 4.68 Å². The Morgan fingerprint density at radius 1 is 1.33 bits per heavy atom. The number of amides is 3. The summed E-state index contributed by atoms with van der Waals surface area (Å²) < 4.78 is 1.51. The highest BCUT2D eigenvalue weighted by molar-refractivity contribution is 6.05. The molecule has 1 aromatic carbocycles. The minimum atomic E-state index is -0.683. The Morgan fingerprint density at radius 3 is 2.89 bits per heavy atom. The second-order valence-electron chi connectivity index (χ2n) is 6.75. The third kappa shape index (κ3) is 2.99. The first kappa shape index (κ1) is 17.3. The number of rotatable bonds is 4. The van der Waals surface area contributed by atoms with Crippen molar-refractivity contribution in [2.75, 3.05) is 0 Å². The fourth-order valence-corrected chi connectivity index (χ4v) is 3.45. The molecular weight excluding hydrogens is 350 g/mol. The minimum absolute atomic E-state index is 0.225. The van der Waals surface area contributed by atoms with Gasteiger partial charge in [0.15, 0.2) is 0 Å². The van der Waals surface area contributed by atoms with Crippen molar-refractivity contribution in [1.82, 2.24) is 25.2 Å². The molecule has 2 aliphatic heterocycles. The Balaban J connectivity index is 1.59. The van der Waals surface area contributed by atoms with Crippen LogP contribution < -0.4 is 5.32 Å². The number of piperidine rings is 1. The van der Waals surface area contributed by atoms with E-state index >= 15 is 0 Å². The van der Waals surface area contributed by atoms with Crippen LogP contribution >= 0.6 is 0 Å². The molecule has 0 spiro atoms. The van der Waals surface area contributed by atoms with Crippen molar-refractivity contribution in [3.8, 4) is 5.69 Å². The molecule has 2 unspecified atom stereocenters. The molecule has 2 atom stereocenters. The number of nitrogens with zero attached hydrogens (tertiary/aromatic N) is 4. The summed E-state index contributed by atoms with van der Waals surface area (Å²) in [6, 6.07) is 4.72. The molecule has 2 N–H and O–H groups in total. The smallest absolute Gasteiger partial charge is 0.255 e. The van der Waals surface area contributed by atoms with E-state index in [1.807, 2.05) is 19.1 Å². The molecule has 27 heavy (non-hydrogen) atoms. The van der Waals surface area contributed by atoms with Crippen LogP contribution in [-0.4, -0.2) is 48.8 Å². The summed E-state index contributed by atoms with van der Waals surface area (Å²) in [7, 11) is 0. The normalized spacial score (nSPS) is 20.6. The monoisotopic (exact) mass is 369 g/mol. The molecule has 9 nitrogen and oxygen atoms in total. The zero-order valence-corrected chi connectivity index (χ0v) is 14.8. The van der Waals surface area contributed by atoms with Crippen molar-refractivity contribution in [1.29, 1.82) is 0 Å². The van der Waals surface area contributed by atoms with Crippen LogP contribution in [0.5, 0.6) is 0 Å². The fraction of sp³-hybridized carbons (Fsp3) is 0.389. The van der Waals surface area contributed by atoms with Gasteiger partial charge in [0.1, 0.15) is 11.7 Å². The van der Waals surface area contributed by atoms with Gasteiger partial charge in [0.05, 0.1) is 18.0 Å². The van der Waals surface area contributed by atoms with Crippen molar-refractivity contribution < 1.29 is 19.5 Å². The zero-order valence-electron chi connectivity index (χ0n) is 14.8. The summed E-state index contributed by atoms with van der Waals surface area (Å²) in [5.74, 6) is -0.976. The first-order valence-electron chi connectivity index (χ1n) is 8.86. The van der Waals surface area contributed by atoms with E-state index in [4.69, 9.17) is 0 Å². The third-order valence-electron chi connectivity index (χ3n) is 5.02. The molecule has 1 aromatic heterocycles. The van der Waals surface area contributed by atoms with E-state index in [0.717, 1.165) is 5.56 Å². The average molecular weight is 369 g/mol. The fourth-order valence-electron chi connectivity index (χ4n) is 3.45. The summed E-state index contributed by atoms with van der Waals surface area (Å²) >= 11 is 0. The van der Waals surface area contributed by atoms with Gasteiger partial charge in [-0.3, -0.25) is 19.7 Å². The molecule has 0 bridgehead atoms. The average Bonchev–Trinajstić information content (AvgIpc) is 3.27. The summed E-state index contributed by atoms with van der Waals surface area (Å²) in [5, 5.41) is 20.1. The standard InChI is InChI=1S/C18H19N5O4/c1-2-15(24)13-9-23(21-20-13)11-4-3-10-8-22(18(27)12(10)7-11)14-5-6-16(25)19-17(14)26/h3-4,7,9,14-15,24H,2,5-6,8H2,1H3,(H,19,25,26). The predicted octanol–water partition coefficient (Wildman–Crippen LogP) is 0.472. The number of nitrogens with one attached hydrogen (secondary N) is 1. The Hall–Kier alpha value is -3.07. The zero-order chi connectivity index (χ0) is 19.1. The number of carbonyl (C=O) groups excluding carboxylic acids is 3. The van der Waals surface area contributed by atoms with Gasteiger partial charge in [-0.05, 0) is 30.5 Å². The molecule has 9 heteroatoms. The van der Waals surface area contributed by atoms with Gasteiger partial charge in [-0.1, -0.05) is 18.2 Å². The molecule has 0 aliphatic carbocycles. The van der Waals surface area contributed by atoms with Crippen molar-refractivity contribution in [2.45, 2.75) is 44.9 Å². The highest BCUT2D eigenvalue weighted by Gasteiger charge is 2.39. The second kappa shape index (κ2) is 6.58. The van der Waals surface area contributed by atoms with Gasteiger partial charge in [0, 0.05) is 18.5 Å². The van der Waals surface area contributed by atoms with E-state index in [1.165, 1.54) is 9.58 Å². The van der Waals surface area contributed by atoms with Crippen LogP contribution in [-0.2, 0) is 16.1 Å². The largest absolute Gasteiger partial charge is 0.387 e. The summed E-state index contributed by atoms with van der Waals surface area (Å²) in [5.41, 5.74) is 2.44. The molecule has 4 rings (SSSR count). The van der Waals surface area contributed by atoms with Crippen LogP contribution in [0, 0.1) is 0 Å². The highest BCUT2D eigenvalue weighted by atomic mass is 16.3. The lowest BCUT2D eigenvalue weighted by Crippen LogP contribution is -2.52. The van der Waals surface area contributed by atoms with E-state index in [0.29, 0.717) is 36.3 Å². The minimum Gasteiger partial charge on any atom is -0.387 e. The number of aliphatic hydroxyl groups excluding tert-OH is 1. The first-order valence-corrected chi connectivity index (χ1v) is 8.86. The molecule has 140 valence electrons. The van der Waals surface area contributed by atoms with Crippen LogP contribution in [0.25, 0.3) is 5.69 Å². The Labute approximate surface area is 155 Å². The number of benzene rings is 1. The van der Waals surface area contributed by atoms with Gasteiger partial charge in [0.25, 0.3) is 5.91 Å². The molecule has 1 saturated heterocycles. The predicted molar refractivity (Wildman–Crippen MR) is 92.7 cm³/mol. The van der Waals surface area contributed by atoms with E-state index in [2.05, 4.69) is 15.6 Å². The summed E-state index contributed by atoms with van der Waals surface area (Å²) in [6.45, 7) is 2.18. The molecular formula is C18H19N5O4. The summed E-state index contributed by atoms with van der Waals surface area (Å²) in [4.78, 5) is 37.8. The van der Waals surface area contributed by atoms with Crippen LogP contribution in [0.2, 0.25) is 0 Å². The number of fused-ring (bicyclic) bond motifs is 1. The van der Waals surface area contributed by atoms with Gasteiger partial charge in [-0.15, -0.1) is 5.10 Å². The van der Waals surface area contributed by atoms with Crippen molar-refractivity contribution in [3.63, 3.8) is 0 Å². The third-order valence-corrected chi connectivity index (χ3v) is 5.02. The maximum atomic E-state index is 12.8. The Morgan fingerprint density at radius 2 is 2.15 bits per heavy atom. The SMILES string of the molecule is CCC(O)c1cn(-c2ccc3c(c2)C(=O)N(C2CCC(=O)NC2=O)C3)nn1. The maximum absolute atomic E-state index is 12.8. The maximum Gasteiger partial charge on any atom is 0.255 e. The molecule has 3 heterocycles. The summed E-state index contributed by atoms with van der Waals surface area (Å²) in [6.07, 6.45) is 2.04. The van der Waals surface area contributed by atoms with Crippen molar-refractivity contribution in [2.24, 2.45) is 0 Å². The number of hydrogen-bond donors (Lipinski definition) is 2. The van der Waals surface area contributed by atoms with Crippen LogP contribution in [0.3, 0.4) is 0 Å². The Kier molecular flexibility index (Phi) is 4.23. The lowest BCUT2D eigenvalue weighted by molar-refractivity contribution is -0.136. The van der Waals surface area contributed by atoms with Gasteiger partial charge in [0.2, 0.25) is 11.8 Å². The van der Waals surface area contributed by atoms with Gasteiger partial charge in [-0.2, -0.15) is 0 Å². The second-order valence-corrected chi connectivity index (χ2v) is 6.75. The number of carbonyl (C=O) groups is 3. The molecule has 0 radical (unpaired) electrons. The van der Waals surface area contributed by atoms with E-state index in [9.17, 15) is 19.5 Å². The van der Waals surface area contributed by atoms with E-state index in [-0.39, 0.29) is 18.2 Å². The van der Waals surface area contributed by atoms with Crippen LogP contribution in [0.1, 0.15) is 53.9 Å². The van der Waals surface area contributed by atoms with Gasteiger partial charge >= 0.3 is 0 Å². The Bertz CT molecular complexity index is 938. The number of aromatic nitrogens is 3. The lowest BCUT2D eigenvalue weighted by atomic mass is 10.0. The lowest BCUT2D eigenvalue weighted by Gasteiger charge is -2.29. The molecule has 1 fully saturated rings. The molecule has 2 aliphatic rings. The number of aliphatic hydroxyl groups is 1. The van der Waals surface area contributed by atoms with Crippen molar-refractivity contribution in [3.05, 3.63) is 41.2 Å². The van der Waals surface area contributed by atoms with Crippen LogP contribution in [0.15, 0.2) is 24.4 Å². The quantitative estimate of drug-likeness (QED) is 0.757. The van der Waals surface area contributed by atoms with E-state index in [1.54, 1.807) is 12.3 Å². The van der Waals surface area contributed by atoms with Crippen LogP contribution in [0.4, 0.5) is 0 Å². The highest BCUT2D eigenvalue weighted by Crippen LogP contribution is 2.29. The topological polar surface area (TPSA) is 117 Å². The van der Waals surface area contributed by atoms with Gasteiger partial charge < -0.3 is 10.0 Å². The van der Waals surface area contributed by atoms with Crippen molar-refractivity contribution >= 4 is 17.7 Å². The number of hydrogen-bond acceptors (Lipinski definition) is 6.